The van der Waals surface area contributed by atoms with Crippen molar-refractivity contribution in [2.45, 2.75) is 42.5 Å². The molecule has 2 aliphatic rings. The summed E-state index contributed by atoms with van der Waals surface area (Å²) >= 11 is 0. The van der Waals surface area contributed by atoms with Crippen LogP contribution in [0.25, 0.3) is 0 Å². The second-order valence-electron chi connectivity index (χ2n) is 6.89. The first-order valence-electron chi connectivity index (χ1n) is 8.50. The maximum absolute atomic E-state index is 12.0. The molecule has 0 atom stereocenters. The molecule has 0 aromatic heterocycles. The summed E-state index contributed by atoms with van der Waals surface area (Å²) < 4.78 is 24.1. The number of sulfonamides is 1. The number of hydrogen-bond donors (Lipinski definition) is 2. The van der Waals surface area contributed by atoms with Crippen LogP contribution in [-0.2, 0) is 22.0 Å². The second kappa shape index (κ2) is 6.79. The minimum atomic E-state index is -3.86. The van der Waals surface area contributed by atoms with Gasteiger partial charge in [0.15, 0.2) is 0 Å². The maximum atomic E-state index is 12.0. The summed E-state index contributed by atoms with van der Waals surface area (Å²) in [6.45, 7) is 0.489. The molecule has 26 heavy (non-hydrogen) atoms. The number of rotatable bonds is 2. The van der Waals surface area contributed by atoms with Crippen molar-refractivity contribution in [1.29, 1.82) is 5.41 Å². The smallest absolute Gasteiger partial charge is 0.240 e. The number of amidine groups is 1. The van der Waals surface area contributed by atoms with E-state index >= 15 is 0 Å². The number of benzene rings is 2. The molecule has 0 saturated heterocycles. The highest BCUT2D eigenvalue weighted by Crippen LogP contribution is 2.48. The van der Waals surface area contributed by atoms with E-state index in [2.05, 4.69) is 12.1 Å². The van der Waals surface area contributed by atoms with E-state index in [-0.39, 0.29) is 27.3 Å². The van der Waals surface area contributed by atoms with Gasteiger partial charge in [0.2, 0.25) is 10.0 Å². The van der Waals surface area contributed by atoms with Crippen molar-refractivity contribution in [1.82, 2.24) is 0 Å². The number of nitrogens with zero attached hydrogens (tertiary/aromatic N) is 1. The van der Waals surface area contributed by atoms with Gasteiger partial charge >= 0.3 is 0 Å². The molecule has 0 bridgehead atoms. The maximum Gasteiger partial charge on any atom is 0.240 e. The summed E-state index contributed by atoms with van der Waals surface area (Å²) in [5, 5.41) is 14.4. The molecule has 5 nitrogen and oxygen atoms in total. The summed E-state index contributed by atoms with van der Waals surface area (Å²) in [7, 11) is -3.86. The standard InChI is InChI=1S/C19H21N3O2S.BrH/c20-18-19(11-5-6-12-19)15-8-2-1-7-14(15)13-22(18)16-9-3-4-10-17(16)25(21,23)24;/h1-4,7-10,20H,5-6,11-13H2,(H2,21,23,24);1H. The van der Waals surface area contributed by atoms with E-state index in [0.717, 1.165) is 31.2 Å². The molecule has 1 heterocycles. The fourth-order valence-corrected chi connectivity index (χ4v) is 5.11. The lowest BCUT2D eigenvalue weighted by Gasteiger charge is -2.44. The zero-order valence-electron chi connectivity index (χ0n) is 14.3. The van der Waals surface area contributed by atoms with Gasteiger partial charge in [-0.3, -0.25) is 5.41 Å². The third kappa shape index (κ3) is 2.88. The fourth-order valence-electron chi connectivity index (χ4n) is 4.37. The van der Waals surface area contributed by atoms with E-state index in [1.165, 1.54) is 11.6 Å². The molecule has 4 rings (SSSR count). The van der Waals surface area contributed by atoms with Crippen LogP contribution in [0.1, 0.15) is 36.8 Å². The molecule has 3 N–H and O–H groups in total. The van der Waals surface area contributed by atoms with Crippen LogP contribution in [0.2, 0.25) is 0 Å². The number of para-hydroxylation sites is 1. The summed E-state index contributed by atoms with van der Waals surface area (Å²) in [4.78, 5) is 1.90. The Labute approximate surface area is 164 Å². The predicted octanol–water partition coefficient (Wildman–Crippen LogP) is 3.72. The van der Waals surface area contributed by atoms with Crippen molar-refractivity contribution in [3.63, 3.8) is 0 Å². The first-order valence-corrected chi connectivity index (χ1v) is 10.0. The minimum Gasteiger partial charge on any atom is -0.324 e. The highest BCUT2D eigenvalue weighted by Gasteiger charge is 2.47. The molecular weight excluding hydrogens is 414 g/mol. The molecule has 1 saturated carbocycles. The van der Waals surface area contributed by atoms with Crippen LogP contribution in [0.15, 0.2) is 53.4 Å². The van der Waals surface area contributed by atoms with Crippen LogP contribution in [0.5, 0.6) is 0 Å². The van der Waals surface area contributed by atoms with E-state index in [1.54, 1.807) is 18.2 Å². The average molecular weight is 436 g/mol. The van der Waals surface area contributed by atoms with Gasteiger partial charge in [-0.05, 0) is 36.1 Å². The molecule has 0 amide bonds. The van der Waals surface area contributed by atoms with Crippen molar-refractivity contribution in [2.24, 2.45) is 5.14 Å². The zero-order valence-corrected chi connectivity index (χ0v) is 16.8. The van der Waals surface area contributed by atoms with Gasteiger partial charge in [0.1, 0.15) is 10.7 Å². The predicted molar refractivity (Wildman–Crippen MR) is 109 cm³/mol. The van der Waals surface area contributed by atoms with E-state index in [9.17, 15) is 8.42 Å². The quantitative estimate of drug-likeness (QED) is 0.752. The Hall–Kier alpha value is -1.70. The third-order valence-corrected chi connectivity index (χ3v) is 6.46. The summed E-state index contributed by atoms with van der Waals surface area (Å²) in [6.07, 6.45) is 4.02. The third-order valence-electron chi connectivity index (χ3n) is 5.50. The fraction of sp³-hybridized carbons (Fsp3) is 0.316. The molecule has 2 aromatic rings. The van der Waals surface area contributed by atoms with Crippen LogP contribution in [0.4, 0.5) is 5.69 Å². The number of nitrogens with one attached hydrogen (secondary N) is 1. The van der Waals surface area contributed by atoms with Crippen LogP contribution < -0.4 is 10.0 Å². The molecule has 1 fully saturated rings. The van der Waals surface area contributed by atoms with E-state index in [4.69, 9.17) is 10.5 Å². The van der Waals surface area contributed by atoms with Gasteiger partial charge < -0.3 is 4.90 Å². The van der Waals surface area contributed by atoms with E-state index in [1.807, 2.05) is 17.0 Å². The molecule has 2 aromatic carbocycles. The highest BCUT2D eigenvalue weighted by molar-refractivity contribution is 8.93. The number of halogens is 1. The van der Waals surface area contributed by atoms with E-state index in [0.29, 0.717) is 18.1 Å². The number of primary sulfonamides is 1. The van der Waals surface area contributed by atoms with Gasteiger partial charge in [0, 0.05) is 6.54 Å². The molecule has 0 radical (unpaired) electrons. The minimum absolute atomic E-state index is 0. The Kier molecular flexibility index (Phi) is 4.98. The Morgan fingerprint density at radius 3 is 2.31 bits per heavy atom. The Balaban J connectivity index is 0.00000196. The SMILES string of the molecule is Br.N=C1N(c2ccccc2S(N)(=O)=O)Cc2ccccc2C12CCCC2. The van der Waals surface area contributed by atoms with Crippen molar-refractivity contribution < 1.29 is 8.42 Å². The largest absolute Gasteiger partial charge is 0.324 e. The summed E-state index contributed by atoms with van der Waals surface area (Å²) in [6, 6.07) is 14.9. The van der Waals surface area contributed by atoms with Crippen LogP contribution >= 0.6 is 17.0 Å². The van der Waals surface area contributed by atoms with Gasteiger partial charge in [-0.2, -0.15) is 0 Å². The highest BCUT2D eigenvalue weighted by atomic mass is 79.9. The van der Waals surface area contributed by atoms with Gasteiger partial charge in [0.25, 0.3) is 0 Å². The number of fused-ring (bicyclic) bond motifs is 2. The number of hydrogen-bond acceptors (Lipinski definition) is 3. The summed E-state index contributed by atoms with van der Waals surface area (Å²) in [5.41, 5.74) is 2.56. The van der Waals surface area contributed by atoms with Crippen molar-refractivity contribution in [3.05, 3.63) is 59.7 Å². The molecule has 1 aliphatic carbocycles. The van der Waals surface area contributed by atoms with Crippen LogP contribution in [-0.4, -0.2) is 14.3 Å². The Morgan fingerprint density at radius 1 is 1.00 bits per heavy atom. The molecule has 7 heteroatoms. The van der Waals surface area contributed by atoms with Crippen LogP contribution in [0, 0.1) is 5.41 Å². The Morgan fingerprint density at radius 2 is 1.62 bits per heavy atom. The van der Waals surface area contributed by atoms with Crippen LogP contribution in [0.3, 0.4) is 0 Å². The van der Waals surface area contributed by atoms with Gasteiger partial charge in [-0.25, -0.2) is 13.6 Å². The molecule has 1 aliphatic heterocycles. The van der Waals surface area contributed by atoms with E-state index < -0.39 is 10.0 Å². The molecule has 1 spiro atoms. The number of anilines is 1. The lowest BCUT2D eigenvalue weighted by molar-refractivity contribution is 0.556. The monoisotopic (exact) mass is 435 g/mol. The first kappa shape index (κ1) is 19.1. The second-order valence-corrected chi connectivity index (χ2v) is 8.42. The van der Waals surface area contributed by atoms with Crippen molar-refractivity contribution in [3.8, 4) is 0 Å². The van der Waals surface area contributed by atoms with Crippen molar-refractivity contribution in [2.75, 3.05) is 4.90 Å². The van der Waals surface area contributed by atoms with Gasteiger partial charge in [-0.15, -0.1) is 17.0 Å². The summed E-state index contributed by atoms with van der Waals surface area (Å²) in [5.74, 6) is 0.486. The average Bonchev–Trinajstić information content (AvgIpc) is 3.08. The molecule has 0 unspecified atom stereocenters. The van der Waals surface area contributed by atoms with Crippen molar-refractivity contribution >= 4 is 38.5 Å². The lowest BCUT2D eigenvalue weighted by Crippen LogP contribution is -2.49. The molecule has 138 valence electrons. The zero-order chi connectivity index (χ0) is 17.7. The normalized spacial score (nSPS) is 18.5. The lowest BCUT2D eigenvalue weighted by atomic mass is 9.72. The van der Waals surface area contributed by atoms with Gasteiger partial charge in [-0.1, -0.05) is 49.2 Å². The first-order chi connectivity index (χ1) is 11.9. The number of nitrogens with two attached hydrogens (primary N) is 1. The Bertz CT molecular complexity index is 953. The molecular formula is C19H22BrN3O2S. The van der Waals surface area contributed by atoms with Gasteiger partial charge in [0.05, 0.1) is 11.1 Å². The topological polar surface area (TPSA) is 87.2 Å².